The molecular formula is C26H22N2O3. The molecule has 3 N–H and O–H groups in total. The maximum atomic E-state index is 11.2. The van der Waals surface area contributed by atoms with Crippen LogP contribution in [0, 0.1) is 0 Å². The molecule has 1 atom stereocenters. The molecule has 0 radical (unpaired) electrons. The highest BCUT2D eigenvalue weighted by atomic mass is 16.5. The van der Waals surface area contributed by atoms with Crippen LogP contribution in [0.3, 0.4) is 0 Å². The van der Waals surface area contributed by atoms with E-state index in [1.807, 2.05) is 60.7 Å². The number of aromatic carboxylic acids is 1. The van der Waals surface area contributed by atoms with Gasteiger partial charge in [-0.05, 0) is 47.5 Å². The maximum Gasteiger partial charge on any atom is 0.335 e. The predicted octanol–water partition coefficient (Wildman–Crippen LogP) is 4.76. The number of carboxylic acid groups (broad SMARTS) is 1. The van der Waals surface area contributed by atoms with E-state index in [0.29, 0.717) is 12.1 Å². The molecule has 2 heterocycles. The fourth-order valence-corrected chi connectivity index (χ4v) is 4.11. The first kappa shape index (κ1) is 19.0. The fraction of sp³-hybridized carbons (Fsp3) is 0.115. The highest BCUT2D eigenvalue weighted by Crippen LogP contribution is 2.37. The summed E-state index contributed by atoms with van der Waals surface area (Å²) in [7, 11) is 0. The number of rotatable bonds is 5. The fourth-order valence-electron chi connectivity index (χ4n) is 4.11. The molecule has 0 saturated carbocycles. The number of carboxylic acids is 1. The average Bonchev–Trinajstić information content (AvgIpc) is 3.23. The summed E-state index contributed by atoms with van der Waals surface area (Å²) in [4.78, 5) is 11.2. The molecule has 0 aliphatic carbocycles. The lowest BCUT2D eigenvalue weighted by Crippen LogP contribution is -2.27. The number of ether oxygens (including phenoxy) is 1. The molecule has 3 aromatic carbocycles. The molecule has 5 heteroatoms. The minimum absolute atomic E-state index is 0.155. The van der Waals surface area contributed by atoms with Crippen LogP contribution in [0.1, 0.15) is 27.4 Å². The van der Waals surface area contributed by atoms with E-state index in [2.05, 4.69) is 22.8 Å². The van der Waals surface area contributed by atoms with Crippen molar-refractivity contribution in [2.24, 2.45) is 0 Å². The molecule has 0 spiro atoms. The van der Waals surface area contributed by atoms with Crippen LogP contribution in [-0.2, 0) is 0 Å². The molecule has 3 aromatic rings. The molecule has 0 fully saturated rings. The highest BCUT2D eigenvalue weighted by molar-refractivity contribution is 5.87. The Kier molecular flexibility index (Phi) is 4.92. The normalized spacial score (nSPS) is 17.3. The number of carbonyl (C=O) groups is 1. The van der Waals surface area contributed by atoms with Gasteiger partial charge in [0.05, 0.1) is 5.56 Å². The summed E-state index contributed by atoms with van der Waals surface area (Å²) in [6.07, 6.45) is 2.23. The lowest BCUT2D eigenvalue weighted by molar-refractivity contribution is 0.0697. The van der Waals surface area contributed by atoms with Crippen LogP contribution in [0.2, 0.25) is 0 Å². The van der Waals surface area contributed by atoms with Crippen molar-refractivity contribution in [2.75, 3.05) is 13.1 Å². The van der Waals surface area contributed by atoms with Crippen LogP contribution in [0.25, 0.3) is 5.57 Å². The Balaban J connectivity index is 1.46. The third-order valence-electron chi connectivity index (χ3n) is 5.70. The van der Waals surface area contributed by atoms with Crippen molar-refractivity contribution in [3.05, 3.63) is 113 Å². The molecule has 154 valence electrons. The quantitative estimate of drug-likeness (QED) is 0.566. The summed E-state index contributed by atoms with van der Waals surface area (Å²) in [5, 5.41) is 16.1. The van der Waals surface area contributed by atoms with Gasteiger partial charge in [0.2, 0.25) is 0 Å². The molecule has 0 bridgehead atoms. The zero-order valence-electron chi connectivity index (χ0n) is 16.8. The Bertz CT molecular complexity index is 1180. The Morgan fingerprint density at radius 1 is 0.903 bits per heavy atom. The molecular weight excluding hydrogens is 388 g/mol. The van der Waals surface area contributed by atoms with Crippen LogP contribution < -0.4 is 15.4 Å². The van der Waals surface area contributed by atoms with Crippen LogP contribution >= 0.6 is 0 Å². The third-order valence-corrected chi connectivity index (χ3v) is 5.70. The van der Waals surface area contributed by atoms with E-state index < -0.39 is 5.97 Å². The van der Waals surface area contributed by atoms with Gasteiger partial charge >= 0.3 is 5.97 Å². The first-order valence-electron chi connectivity index (χ1n) is 10.3. The summed E-state index contributed by atoms with van der Waals surface area (Å²) >= 11 is 0. The first-order valence-corrected chi connectivity index (χ1v) is 10.3. The van der Waals surface area contributed by atoms with E-state index in [1.54, 1.807) is 12.1 Å². The van der Waals surface area contributed by atoms with Gasteiger partial charge in [-0.3, -0.25) is 0 Å². The topological polar surface area (TPSA) is 70.6 Å². The van der Waals surface area contributed by atoms with Gasteiger partial charge in [-0.15, -0.1) is 0 Å². The number of nitrogens with one attached hydrogen (secondary N) is 2. The monoisotopic (exact) mass is 410 g/mol. The summed E-state index contributed by atoms with van der Waals surface area (Å²) in [6, 6.07) is 25.0. The minimum Gasteiger partial charge on any atom is -0.478 e. The van der Waals surface area contributed by atoms with Gasteiger partial charge in [0.1, 0.15) is 17.3 Å². The van der Waals surface area contributed by atoms with Gasteiger partial charge in [0, 0.05) is 30.1 Å². The first-order chi connectivity index (χ1) is 15.2. The summed E-state index contributed by atoms with van der Waals surface area (Å²) < 4.78 is 6.17. The van der Waals surface area contributed by atoms with Gasteiger partial charge in [-0.25, -0.2) is 4.79 Å². The second-order valence-corrected chi connectivity index (χ2v) is 7.63. The van der Waals surface area contributed by atoms with Crippen LogP contribution in [0.5, 0.6) is 11.5 Å². The minimum atomic E-state index is -0.910. The molecule has 5 nitrogen and oxygen atoms in total. The van der Waals surface area contributed by atoms with Crippen molar-refractivity contribution in [3.63, 3.8) is 0 Å². The van der Waals surface area contributed by atoms with E-state index in [1.165, 1.54) is 5.57 Å². The van der Waals surface area contributed by atoms with Crippen LogP contribution in [0.4, 0.5) is 0 Å². The number of benzene rings is 3. The number of hydrogen-bond acceptors (Lipinski definition) is 4. The van der Waals surface area contributed by atoms with Gasteiger partial charge < -0.3 is 20.5 Å². The maximum absolute atomic E-state index is 11.2. The van der Waals surface area contributed by atoms with Gasteiger partial charge in [-0.2, -0.15) is 0 Å². The molecule has 31 heavy (non-hydrogen) atoms. The van der Waals surface area contributed by atoms with Crippen LogP contribution in [-0.4, -0.2) is 24.2 Å². The Morgan fingerprint density at radius 2 is 1.65 bits per heavy atom. The third kappa shape index (κ3) is 3.78. The smallest absolute Gasteiger partial charge is 0.335 e. The number of allylic oxidation sites excluding steroid dienone is 1. The van der Waals surface area contributed by atoms with Gasteiger partial charge in [0.25, 0.3) is 0 Å². The van der Waals surface area contributed by atoms with E-state index in [9.17, 15) is 4.79 Å². The highest BCUT2D eigenvalue weighted by Gasteiger charge is 2.29. The van der Waals surface area contributed by atoms with E-state index in [4.69, 9.17) is 9.84 Å². The lowest BCUT2D eigenvalue weighted by Gasteiger charge is -2.21. The Labute approximate surface area is 180 Å². The summed E-state index contributed by atoms with van der Waals surface area (Å²) in [5.41, 5.74) is 4.78. The zero-order chi connectivity index (χ0) is 21.2. The largest absolute Gasteiger partial charge is 0.478 e. The van der Waals surface area contributed by atoms with Crippen molar-refractivity contribution < 1.29 is 14.6 Å². The number of hydrogen-bond donors (Lipinski definition) is 3. The molecule has 0 aromatic heterocycles. The second kappa shape index (κ2) is 8.03. The number of dihydropyridines is 1. The molecule has 2 aliphatic heterocycles. The summed E-state index contributed by atoms with van der Waals surface area (Å²) in [5.74, 6) is 1.91. The van der Waals surface area contributed by atoms with Crippen molar-refractivity contribution in [3.8, 4) is 11.5 Å². The van der Waals surface area contributed by atoms with Crippen molar-refractivity contribution in [2.45, 2.75) is 5.92 Å². The van der Waals surface area contributed by atoms with Gasteiger partial charge in [-0.1, -0.05) is 48.5 Å². The average molecular weight is 410 g/mol. The molecule has 1 unspecified atom stereocenters. The van der Waals surface area contributed by atoms with E-state index in [-0.39, 0.29) is 5.92 Å². The van der Waals surface area contributed by atoms with Crippen molar-refractivity contribution in [1.82, 2.24) is 10.6 Å². The molecule has 0 saturated heterocycles. The molecule has 0 amide bonds. The zero-order valence-corrected chi connectivity index (χ0v) is 16.8. The van der Waals surface area contributed by atoms with Crippen molar-refractivity contribution >= 4 is 11.5 Å². The number of para-hydroxylation sites is 2. The second-order valence-electron chi connectivity index (χ2n) is 7.63. The Morgan fingerprint density at radius 3 is 2.42 bits per heavy atom. The van der Waals surface area contributed by atoms with E-state index in [0.717, 1.165) is 40.6 Å². The van der Waals surface area contributed by atoms with Crippen LogP contribution in [0.15, 0.2) is 96.3 Å². The van der Waals surface area contributed by atoms with Gasteiger partial charge in [0.15, 0.2) is 0 Å². The lowest BCUT2D eigenvalue weighted by atomic mass is 9.89. The standard InChI is InChI=1S/C26H22N2O3/c29-26(30)18-12-10-17(11-13-18)23-16-28-25-22(23)14-19(15-27-25)21-8-4-5-9-24(21)31-20-6-2-1-3-7-20/h1-14,23,27-28H,15-16H2,(H,29,30). The SMILES string of the molecule is O=C(O)c1ccc(C2CNC3=C2C=C(c2ccccc2Oc2ccccc2)CN3)cc1. The van der Waals surface area contributed by atoms with E-state index >= 15 is 0 Å². The predicted molar refractivity (Wildman–Crippen MR) is 120 cm³/mol. The Hall–Kier alpha value is -3.99. The summed E-state index contributed by atoms with van der Waals surface area (Å²) in [6.45, 7) is 1.47. The van der Waals surface area contributed by atoms with Crippen molar-refractivity contribution in [1.29, 1.82) is 0 Å². The molecule has 5 rings (SSSR count). The molecule has 2 aliphatic rings.